The Labute approximate surface area is 140 Å². The molecule has 1 aromatic carbocycles. The minimum atomic E-state index is -0.282. The van der Waals surface area contributed by atoms with E-state index in [-0.39, 0.29) is 11.6 Å². The second-order valence-corrected chi connectivity index (χ2v) is 6.26. The lowest BCUT2D eigenvalue weighted by molar-refractivity contribution is 0.102. The van der Waals surface area contributed by atoms with Crippen molar-refractivity contribution >= 4 is 29.0 Å². The zero-order chi connectivity index (χ0) is 16.2. The van der Waals surface area contributed by atoms with Crippen LogP contribution in [0.1, 0.15) is 41.7 Å². The van der Waals surface area contributed by atoms with E-state index in [1.165, 1.54) is 31.9 Å². The van der Waals surface area contributed by atoms with Gasteiger partial charge in [-0.15, -0.1) is 0 Å². The van der Waals surface area contributed by atoms with Crippen LogP contribution in [0, 0.1) is 6.92 Å². The number of amides is 1. The molecule has 0 bridgehead atoms. The Morgan fingerprint density at radius 2 is 2.00 bits per heavy atom. The van der Waals surface area contributed by atoms with Crippen molar-refractivity contribution in [3.05, 3.63) is 46.9 Å². The van der Waals surface area contributed by atoms with Gasteiger partial charge >= 0.3 is 0 Å². The van der Waals surface area contributed by atoms with Crippen molar-refractivity contribution in [2.75, 3.05) is 10.6 Å². The monoisotopic (exact) mass is 330 g/mol. The van der Waals surface area contributed by atoms with Gasteiger partial charge in [0.05, 0.1) is 12.4 Å². The fraction of sp³-hybridized carbons (Fsp3) is 0.353. The fourth-order valence-corrected chi connectivity index (χ4v) is 2.98. The predicted octanol–water partition coefficient (Wildman–Crippen LogP) is 4.05. The van der Waals surface area contributed by atoms with Crippen molar-refractivity contribution in [1.82, 2.24) is 9.97 Å². The van der Waals surface area contributed by atoms with E-state index in [1.54, 1.807) is 24.4 Å². The van der Waals surface area contributed by atoms with Crippen LogP contribution in [0.15, 0.2) is 30.6 Å². The highest BCUT2D eigenvalue weighted by molar-refractivity contribution is 6.30. The number of nitrogens with zero attached hydrogens (tertiary/aromatic N) is 2. The average Bonchev–Trinajstić information content (AvgIpc) is 3.04. The number of hydrogen-bond acceptors (Lipinski definition) is 4. The largest absolute Gasteiger partial charge is 0.366 e. The van der Waals surface area contributed by atoms with E-state index in [1.807, 2.05) is 6.92 Å². The standard InChI is InChI=1S/C17H19ClN4O/c1-11-8-12(18)6-7-14(11)22-17(23)15-9-20-16(10-19-15)21-13-4-2-3-5-13/h6-10,13H,2-5H2,1H3,(H,20,21)(H,22,23). The van der Waals surface area contributed by atoms with E-state index in [4.69, 9.17) is 11.6 Å². The first-order valence-electron chi connectivity index (χ1n) is 7.78. The quantitative estimate of drug-likeness (QED) is 0.887. The topological polar surface area (TPSA) is 66.9 Å². The Balaban J connectivity index is 1.65. The molecule has 0 aliphatic heterocycles. The van der Waals surface area contributed by atoms with E-state index in [9.17, 15) is 4.79 Å². The van der Waals surface area contributed by atoms with Crippen LogP contribution in [0.4, 0.5) is 11.5 Å². The molecule has 1 saturated carbocycles. The summed E-state index contributed by atoms with van der Waals surface area (Å²) in [6.07, 6.45) is 7.96. The number of aromatic nitrogens is 2. The highest BCUT2D eigenvalue weighted by Gasteiger charge is 2.16. The van der Waals surface area contributed by atoms with E-state index in [0.29, 0.717) is 16.8 Å². The smallest absolute Gasteiger partial charge is 0.275 e. The molecule has 23 heavy (non-hydrogen) atoms. The molecule has 2 aromatic rings. The van der Waals surface area contributed by atoms with Crippen molar-refractivity contribution in [2.24, 2.45) is 0 Å². The number of rotatable bonds is 4. The van der Waals surface area contributed by atoms with E-state index in [2.05, 4.69) is 20.6 Å². The summed E-state index contributed by atoms with van der Waals surface area (Å²) in [7, 11) is 0. The second-order valence-electron chi connectivity index (χ2n) is 5.83. The molecule has 3 rings (SSSR count). The van der Waals surface area contributed by atoms with Gasteiger partial charge in [-0.3, -0.25) is 4.79 Å². The SMILES string of the molecule is Cc1cc(Cl)ccc1NC(=O)c1cnc(NC2CCCC2)cn1. The predicted molar refractivity (Wildman–Crippen MR) is 92.1 cm³/mol. The summed E-state index contributed by atoms with van der Waals surface area (Å²) in [6.45, 7) is 1.89. The molecular weight excluding hydrogens is 312 g/mol. The molecule has 0 spiro atoms. The lowest BCUT2D eigenvalue weighted by Gasteiger charge is -2.12. The first kappa shape index (κ1) is 15.7. The Kier molecular flexibility index (Phi) is 4.76. The first-order valence-corrected chi connectivity index (χ1v) is 8.16. The highest BCUT2D eigenvalue weighted by atomic mass is 35.5. The van der Waals surface area contributed by atoms with Gasteiger partial charge in [0.25, 0.3) is 5.91 Å². The van der Waals surface area contributed by atoms with Crippen molar-refractivity contribution in [1.29, 1.82) is 0 Å². The van der Waals surface area contributed by atoms with Crippen molar-refractivity contribution in [3.8, 4) is 0 Å². The summed E-state index contributed by atoms with van der Waals surface area (Å²) in [5.74, 6) is 0.437. The lowest BCUT2D eigenvalue weighted by atomic mass is 10.2. The molecule has 0 radical (unpaired) electrons. The fourth-order valence-electron chi connectivity index (χ4n) is 2.75. The third-order valence-electron chi connectivity index (χ3n) is 4.03. The van der Waals surface area contributed by atoms with Gasteiger partial charge in [0.1, 0.15) is 11.5 Å². The first-order chi connectivity index (χ1) is 11.1. The Morgan fingerprint density at radius 3 is 2.65 bits per heavy atom. The van der Waals surface area contributed by atoms with Gasteiger partial charge in [-0.25, -0.2) is 9.97 Å². The zero-order valence-electron chi connectivity index (χ0n) is 13.0. The van der Waals surface area contributed by atoms with Crippen LogP contribution in [-0.2, 0) is 0 Å². The van der Waals surface area contributed by atoms with Crippen LogP contribution in [0.2, 0.25) is 5.02 Å². The molecule has 1 fully saturated rings. The molecule has 120 valence electrons. The number of carbonyl (C=O) groups is 1. The molecule has 0 saturated heterocycles. The maximum absolute atomic E-state index is 12.2. The molecule has 0 unspecified atom stereocenters. The molecule has 6 heteroatoms. The average molecular weight is 331 g/mol. The molecule has 2 N–H and O–H groups in total. The Morgan fingerprint density at radius 1 is 1.22 bits per heavy atom. The molecule has 1 heterocycles. The summed E-state index contributed by atoms with van der Waals surface area (Å²) in [5, 5.41) is 6.82. The third kappa shape index (κ3) is 3.99. The van der Waals surface area contributed by atoms with Crippen molar-refractivity contribution in [2.45, 2.75) is 38.6 Å². The van der Waals surface area contributed by atoms with E-state index < -0.39 is 0 Å². The van der Waals surface area contributed by atoms with Gasteiger partial charge in [0, 0.05) is 16.8 Å². The number of benzene rings is 1. The molecule has 1 amide bonds. The van der Waals surface area contributed by atoms with Gasteiger partial charge < -0.3 is 10.6 Å². The van der Waals surface area contributed by atoms with E-state index >= 15 is 0 Å². The second kappa shape index (κ2) is 6.96. The Bertz CT molecular complexity index is 696. The number of hydrogen-bond donors (Lipinski definition) is 2. The van der Waals surface area contributed by atoms with E-state index in [0.717, 1.165) is 11.4 Å². The molecular formula is C17H19ClN4O. The summed E-state index contributed by atoms with van der Waals surface area (Å²) in [4.78, 5) is 20.7. The molecule has 0 atom stereocenters. The third-order valence-corrected chi connectivity index (χ3v) is 4.26. The summed E-state index contributed by atoms with van der Waals surface area (Å²) in [5.41, 5.74) is 1.91. The van der Waals surface area contributed by atoms with Crippen molar-refractivity contribution < 1.29 is 4.79 Å². The van der Waals surface area contributed by atoms with Crippen LogP contribution in [-0.4, -0.2) is 21.9 Å². The van der Waals surface area contributed by atoms with Crippen LogP contribution < -0.4 is 10.6 Å². The number of nitrogens with one attached hydrogen (secondary N) is 2. The molecule has 1 aliphatic carbocycles. The van der Waals surface area contributed by atoms with Crippen LogP contribution in [0.25, 0.3) is 0 Å². The van der Waals surface area contributed by atoms with Gasteiger partial charge in [-0.1, -0.05) is 24.4 Å². The number of anilines is 2. The zero-order valence-corrected chi connectivity index (χ0v) is 13.7. The lowest BCUT2D eigenvalue weighted by Crippen LogP contribution is -2.18. The van der Waals surface area contributed by atoms with Gasteiger partial charge in [0.2, 0.25) is 0 Å². The molecule has 1 aliphatic rings. The highest BCUT2D eigenvalue weighted by Crippen LogP contribution is 2.22. The van der Waals surface area contributed by atoms with Crippen molar-refractivity contribution in [3.63, 3.8) is 0 Å². The maximum atomic E-state index is 12.2. The summed E-state index contributed by atoms with van der Waals surface area (Å²) < 4.78 is 0. The maximum Gasteiger partial charge on any atom is 0.275 e. The number of aryl methyl sites for hydroxylation is 1. The van der Waals surface area contributed by atoms with Crippen LogP contribution in [0.5, 0.6) is 0 Å². The van der Waals surface area contributed by atoms with Crippen LogP contribution in [0.3, 0.4) is 0 Å². The summed E-state index contributed by atoms with van der Waals surface area (Å²) >= 11 is 5.92. The van der Waals surface area contributed by atoms with Gasteiger partial charge in [0.15, 0.2) is 0 Å². The summed E-state index contributed by atoms with van der Waals surface area (Å²) in [6, 6.07) is 5.79. The minimum absolute atomic E-state index is 0.282. The van der Waals surface area contributed by atoms with Gasteiger partial charge in [-0.2, -0.15) is 0 Å². The van der Waals surface area contributed by atoms with Gasteiger partial charge in [-0.05, 0) is 43.5 Å². The Hall–Kier alpha value is -2.14. The number of carbonyl (C=O) groups excluding carboxylic acids is 1. The van der Waals surface area contributed by atoms with Crippen LogP contribution >= 0.6 is 11.6 Å². The normalized spacial score (nSPS) is 14.7. The molecule has 5 nitrogen and oxygen atoms in total. The molecule has 1 aromatic heterocycles. The minimum Gasteiger partial charge on any atom is -0.366 e. The number of halogens is 1.